The highest BCUT2D eigenvalue weighted by Crippen LogP contribution is 2.22. The molecule has 0 aliphatic carbocycles. The lowest BCUT2D eigenvalue weighted by Gasteiger charge is -2.15. The minimum absolute atomic E-state index is 0.254. The molecule has 1 atom stereocenters. The molecule has 1 N–H and O–H groups in total. The van der Waals surface area contributed by atoms with E-state index < -0.39 is 0 Å². The minimum atomic E-state index is 0.254. The first-order chi connectivity index (χ1) is 9.52. The van der Waals surface area contributed by atoms with E-state index in [1.54, 1.807) is 0 Å². The van der Waals surface area contributed by atoms with Crippen molar-refractivity contribution >= 4 is 27.5 Å². The standard InChI is InChI=1S/C15H19BrClN3/c1-4-20-14(15(17)11(3)19-20)9-18-10(2)12-6-5-7-13(16)8-12/h5-8,10,18H,4,9H2,1-3H3/t10-/m1/s1. The van der Waals surface area contributed by atoms with Crippen molar-refractivity contribution in [2.75, 3.05) is 0 Å². The molecule has 0 unspecified atom stereocenters. The highest BCUT2D eigenvalue weighted by Gasteiger charge is 2.13. The summed E-state index contributed by atoms with van der Waals surface area (Å²) in [7, 11) is 0. The molecule has 0 aliphatic heterocycles. The van der Waals surface area contributed by atoms with Crippen LogP contribution in [-0.2, 0) is 13.1 Å². The number of hydrogen-bond donors (Lipinski definition) is 1. The Morgan fingerprint density at radius 2 is 2.20 bits per heavy atom. The molecule has 0 aliphatic rings. The molecule has 0 saturated heterocycles. The van der Waals surface area contributed by atoms with Crippen LogP contribution in [0.25, 0.3) is 0 Å². The van der Waals surface area contributed by atoms with E-state index >= 15 is 0 Å². The summed E-state index contributed by atoms with van der Waals surface area (Å²) < 4.78 is 3.05. The summed E-state index contributed by atoms with van der Waals surface area (Å²) in [6.45, 7) is 7.70. The van der Waals surface area contributed by atoms with Gasteiger partial charge in [0.05, 0.1) is 16.4 Å². The lowest BCUT2D eigenvalue weighted by atomic mass is 10.1. The monoisotopic (exact) mass is 355 g/mol. The molecule has 0 fully saturated rings. The average molecular weight is 357 g/mol. The summed E-state index contributed by atoms with van der Waals surface area (Å²) in [6.07, 6.45) is 0. The molecular formula is C15H19BrClN3. The van der Waals surface area contributed by atoms with Gasteiger partial charge in [0, 0.05) is 23.6 Å². The largest absolute Gasteiger partial charge is 0.305 e. The predicted octanol–water partition coefficient (Wildman–Crippen LogP) is 4.48. The second-order valence-corrected chi connectivity index (χ2v) is 6.11. The molecule has 108 valence electrons. The Labute approximate surface area is 133 Å². The van der Waals surface area contributed by atoms with Gasteiger partial charge >= 0.3 is 0 Å². The minimum Gasteiger partial charge on any atom is -0.305 e. The summed E-state index contributed by atoms with van der Waals surface area (Å²) in [5.74, 6) is 0. The number of hydrogen-bond acceptors (Lipinski definition) is 2. The van der Waals surface area contributed by atoms with Crippen LogP contribution in [0.4, 0.5) is 0 Å². The molecule has 1 heterocycles. The normalized spacial score (nSPS) is 12.7. The molecule has 0 spiro atoms. The van der Waals surface area contributed by atoms with E-state index in [-0.39, 0.29) is 6.04 Å². The van der Waals surface area contributed by atoms with E-state index in [4.69, 9.17) is 11.6 Å². The molecule has 1 aromatic carbocycles. The molecular weight excluding hydrogens is 338 g/mol. The Kier molecular flexibility index (Phi) is 5.24. The van der Waals surface area contributed by atoms with E-state index in [0.717, 1.165) is 27.4 Å². The van der Waals surface area contributed by atoms with Crippen LogP contribution in [0.5, 0.6) is 0 Å². The second kappa shape index (κ2) is 6.74. The third-order valence-corrected chi connectivity index (χ3v) is 4.36. The van der Waals surface area contributed by atoms with Crippen LogP contribution in [0.2, 0.25) is 5.02 Å². The molecule has 5 heteroatoms. The lowest BCUT2D eigenvalue weighted by molar-refractivity contribution is 0.531. The van der Waals surface area contributed by atoms with Crippen LogP contribution in [0.15, 0.2) is 28.7 Å². The van der Waals surface area contributed by atoms with E-state index in [1.807, 2.05) is 23.7 Å². The summed E-state index contributed by atoms with van der Waals surface area (Å²) in [5.41, 5.74) is 3.18. The zero-order valence-corrected chi connectivity index (χ0v) is 14.3. The summed E-state index contributed by atoms with van der Waals surface area (Å²) in [5, 5.41) is 8.70. The third-order valence-electron chi connectivity index (χ3n) is 3.38. The van der Waals surface area contributed by atoms with Crippen molar-refractivity contribution in [1.82, 2.24) is 15.1 Å². The Morgan fingerprint density at radius 1 is 1.45 bits per heavy atom. The van der Waals surface area contributed by atoms with Gasteiger partial charge in [0.1, 0.15) is 0 Å². The number of nitrogens with one attached hydrogen (secondary N) is 1. The van der Waals surface area contributed by atoms with Crippen LogP contribution in [-0.4, -0.2) is 9.78 Å². The fourth-order valence-corrected chi connectivity index (χ4v) is 2.80. The maximum atomic E-state index is 6.32. The van der Waals surface area contributed by atoms with Gasteiger partial charge in [-0.25, -0.2) is 0 Å². The van der Waals surface area contributed by atoms with Crippen LogP contribution in [0.1, 0.15) is 36.8 Å². The smallest absolute Gasteiger partial charge is 0.0860 e. The maximum Gasteiger partial charge on any atom is 0.0860 e. The van der Waals surface area contributed by atoms with Crippen molar-refractivity contribution in [3.63, 3.8) is 0 Å². The summed E-state index contributed by atoms with van der Waals surface area (Å²) in [4.78, 5) is 0. The highest BCUT2D eigenvalue weighted by molar-refractivity contribution is 9.10. The van der Waals surface area contributed by atoms with Gasteiger partial charge in [-0.15, -0.1) is 0 Å². The molecule has 0 amide bonds. The zero-order chi connectivity index (χ0) is 14.7. The Hall–Kier alpha value is -0.840. The number of aryl methyl sites for hydroxylation is 2. The van der Waals surface area contributed by atoms with Gasteiger partial charge < -0.3 is 5.32 Å². The van der Waals surface area contributed by atoms with Crippen molar-refractivity contribution in [2.45, 2.75) is 39.9 Å². The topological polar surface area (TPSA) is 29.9 Å². The molecule has 0 saturated carbocycles. The van der Waals surface area contributed by atoms with Crippen molar-refractivity contribution in [1.29, 1.82) is 0 Å². The summed E-state index contributed by atoms with van der Waals surface area (Å²) >= 11 is 9.82. The first-order valence-electron chi connectivity index (χ1n) is 6.73. The lowest BCUT2D eigenvalue weighted by Crippen LogP contribution is -2.20. The number of halogens is 2. The average Bonchev–Trinajstić information content (AvgIpc) is 2.71. The molecule has 0 bridgehead atoms. The SMILES string of the molecule is CCn1nc(C)c(Cl)c1CN[C@H](C)c1cccc(Br)c1. The van der Waals surface area contributed by atoms with E-state index in [0.29, 0.717) is 6.54 Å². The van der Waals surface area contributed by atoms with E-state index in [9.17, 15) is 0 Å². The van der Waals surface area contributed by atoms with Gasteiger partial charge in [0.25, 0.3) is 0 Å². The van der Waals surface area contributed by atoms with E-state index in [2.05, 4.69) is 52.3 Å². The quantitative estimate of drug-likeness (QED) is 0.856. The number of nitrogens with zero attached hydrogens (tertiary/aromatic N) is 2. The molecule has 3 nitrogen and oxygen atoms in total. The predicted molar refractivity (Wildman–Crippen MR) is 87.0 cm³/mol. The second-order valence-electron chi connectivity index (χ2n) is 4.82. The number of rotatable bonds is 5. The van der Waals surface area contributed by atoms with Crippen LogP contribution >= 0.6 is 27.5 Å². The number of aromatic nitrogens is 2. The van der Waals surface area contributed by atoms with Crippen molar-refractivity contribution in [2.24, 2.45) is 0 Å². The first-order valence-corrected chi connectivity index (χ1v) is 7.90. The van der Waals surface area contributed by atoms with Gasteiger partial charge in [0.15, 0.2) is 0 Å². The van der Waals surface area contributed by atoms with Gasteiger partial charge in [-0.3, -0.25) is 4.68 Å². The molecule has 2 aromatic rings. The molecule has 2 rings (SSSR count). The first kappa shape index (κ1) is 15.5. The molecule has 1 aromatic heterocycles. The zero-order valence-electron chi connectivity index (χ0n) is 12.0. The maximum absolute atomic E-state index is 6.32. The van der Waals surface area contributed by atoms with Crippen LogP contribution in [0, 0.1) is 6.92 Å². The Morgan fingerprint density at radius 3 is 2.85 bits per heavy atom. The van der Waals surface area contributed by atoms with Gasteiger partial charge in [0.2, 0.25) is 0 Å². The van der Waals surface area contributed by atoms with Crippen molar-refractivity contribution in [3.8, 4) is 0 Å². The van der Waals surface area contributed by atoms with Crippen LogP contribution in [0.3, 0.4) is 0 Å². The fraction of sp³-hybridized carbons (Fsp3) is 0.400. The van der Waals surface area contributed by atoms with Gasteiger partial charge in [-0.05, 0) is 38.5 Å². The molecule has 0 radical (unpaired) electrons. The Balaban J connectivity index is 2.09. The van der Waals surface area contributed by atoms with Crippen molar-refractivity contribution < 1.29 is 0 Å². The van der Waals surface area contributed by atoms with Crippen LogP contribution < -0.4 is 5.32 Å². The highest BCUT2D eigenvalue weighted by atomic mass is 79.9. The fourth-order valence-electron chi connectivity index (χ4n) is 2.18. The third kappa shape index (κ3) is 3.43. The van der Waals surface area contributed by atoms with Crippen molar-refractivity contribution in [3.05, 3.63) is 50.7 Å². The van der Waals surface area contributed by atoms with Gasteiger partial charge in [-0.1, -0.05) is 39.7 Å². The number of benzene rings is 1. The molecule has 20 heavy (non-hydrogen) atoms. The Bertz CT molecular complexity index is 595. The van der Waals surface area contributed by atoms with E-state index in [1.165, 1.54) is 5.56 Å². The van der Waals surface area contributed by atoms with Gasteiger partial charge in [-0.2, -0.15) is 5.10 Å². The summed E-state index contributed by atoms with van der Waals surface area (Å²) in [6, 6.07) is 8.57.